The molecule has 1 saturated heterocycles. The maximum atomic E-state index is 12.0. The third kappa shape index (κ3) is 4.46. The molecule has 1 fully saturated rings. The monoisotopic (exact) mass is 274 g/mol. The van der Waals surface area contributed by atoms with Crippen LogP contribution in [-0.2, 0) is 16.1 Å². The quantitative estimate of drug-likeness (QED) is 0.837. The molecule has 2 amide bonds. The highest BCUT2D eigenvalue weighted by atomic mass is 16.2. The summed E-state index contributed by atoms with van der Waals surface area (Å²) < 4.78 is 0. The topological polar surface area (TPSA) is 49.4 Å². The number of hydrogen-bond acceptors (Lipinski definition) is 3. The lowest BCUT2D eigenvalue weighted by atomic mass is 10.2. The number of rotatable bonds is 5. The first-order valence-electron chi connectivity index (χ1n) is 7.35. The van der Waals surface area contributed by atoms with E-state index in [0.717, 1.165) is 25.8 Å². The van der Waals surface area contributed by atoms with Crippen molar-refractivity contribution in [2.45, 2.75) is 38.6 Å². The summed E-state index contributed by atoms with van der Waals surface area (Å²) in [6.45, 7) is 1.95. The van der Waals surface area contributed by atoms with Crippen molar-refractivity contribution in [2.24, 2.45) is 0 Å². The molecule has 0 aliphatic carbocycles. The van der Waals surface area contributed by atoms with Gasteiger partial charge < -0.3 is 5.32 Å². The molecule has 1 aliphatic rings. The van der Waals surface area contributed by atoms with Crippen molar-refractivity contribution >= 4 is 11.8 Å². The summed E-state index contributed by atoms with van der Waals surface area (Å²) in [6, 6.07) is 10.1. The summed E-state index contributed by atoms with van der Waals surface area (Å²) in [5.74, 6) is -0.0481. The standard InChI is InChI=1S/C16H22N2O2/c19-15-9-5-2-6-12-18(15)16(20)10-11-17-13-14-7-3-1-4-8-14/h1,3-4,7-8,17H,2,5-6,9-13H2. The molecule has 1 N–H and O–H groups in total. The largest absolute Gasteiger partial charge is 0.312 e. The van der Waals surface area contributed by atoms with Gasteiger partial charge in [0.1, 0.15) is 0 Å². The molecule has 0 unspecified atom stereocenters. The van der Waals surface area contributed by atoms with Crippen molar-refractivity contribution in [1.29, 1.82) is 0 Å². The zero-order valence-corrected chi connectivity index (χ0v) is 11.8. The van der Waals surface area contributed by atoms with Gasteiger partial charge in [-0.3, -0.25) is 14.5 Å². The lowest BCUT2D eigenvalue weighted by Gasteiger charge is -2.18. The van der Waals surface area contributed by atoms with Gasteiger partial charge in [-0.1, -0.05) is 36.8 Å². The number of nitrogens with zero attached hydrogens (tertiary/aromatic N) is 1. The summed E-state index contributed by atoms with van der Waals surface area (Å²) in [4.78, 5) is 25.3. The number of nitrogens with one attached hydrogen (secondary N) is 1. The Bertz CT molecular complexity index is 445. The number of hydrogen-bond donors (Lipinski definition) is 1. The molecule has 0 radical (unpaired) electrons. The Labute approximate surface area is 120 Å². The summed E-state index contributed by atoms with van der Waals surface area (Å²) >= 11 is 0. The second kappa shape index (κ2) is 7.80. The Kier molecular flexibility index (Phi) is 5.74. The van der Waals surface area contributed by atoms with Gasteiger partial charge in [-0.2, -0.15) is 0 Å². The molecule has 1 aliphatic heterocycles. The van der Waals surface area contributed by atoms with Crippen LogP contribution in [0.1, 0.15) is 37.7 Å². The Morgan fingerprint density at radius 1 is 1.15 bits per heavy atom. The van der Waals surface area contributed by atoms with Gasteiger partial charge in [0.2, 0.25) is 11.8 Å². The van der Waals surface area contributed by atoms with Crippen LogP contribution in [0.5, 0.6) is 0 Å². The molecule has 4 nitrogen and oxygen atoms in total. The van der Waals surface area contributed by atoms with E-state index in [2.05, 4.69) is 5.32 Å². The van der Waals surface area contributed by atoms with Crippen molar-refractivity contribution in [3.8, 4) is 0 Å². The molecule has 0 bridgehead atoms. The van der Waals surface area contributed by atoms with Crippen LogP contribution < -0.4 is 5.32 Å². The molecule has 0 spiro atoms. The Morgan fingerprint density at radius 2 is 1.95 bits per heavy atom. The normalized spacial score (nSPS) is 16.0. The molecule has 1 aromatic carbocycles. The molecule has 0 aromatic heterocycles. The summed E-state index contributed by atoms with van der Waals surface area (Å²) in [5, 5.41) is 3.24. The molecule has 1 heterocycles. The number of carbonyl (C=O) groups is 2. The second-order valence-corrected chi connectivity index (χ2v) is 5.16. The molecule has 0 atom stereocenters. The van der Waals surface area contributed by atoms with Crippen molar-refractivity contribution < 1.29 is 9.59 Å². The zero-order valence-electron chi connectivity index (χ0n) is 11.8. The van der Waals surface area contributed by atoms with Crippen LogP contribution in [0.25, 0.3) is 0 Å². The third-order valence-electron chi connectivity index (χ3n) is 3.56. The average Bonchev–Trinajstić information content (AvgIpc) is 2.69. The van der Waals surface area contributed by atoms with E-state index in [4.69, 9.17) is 0 Å². The highest BCUT2D eigenvalue weighted by molar-refractivity contribution is 5.95. The van der Waals surface area contributed by atoms with E-state index in [1.165, 1.54) is 10.5 Å². The minimum Gasteiger partial charge on any atom is -0.312 e. The maximum absolute atomic E-state index is 12.0. The zero-order chi connectivity index (χ0) is 14.2. The average molecular weight is 274 g/mol. The van der Waals surface area contributed by atoms with E-state index in [1.54, 1.807) is 0 Å². The summed E-state index contributed by atoms with van der Waals surface area (Å²) in [5.41, 5.74) is 1.20. The molecule has 20 heavy (non-hydrogen) atoms. The van der Waals surface area contributed by atoms with Crippen LogP contribution in [0, 0.1) is 0 Å². The van der Waals surface area contributed by atoms with Gasteiger partial charge in [0, 0.05) is 32.5 Å². The number of amides is 2. The SMILES string of the molecule is O=C1CCCCCN1C(=O)CCNCc1ccccc1. The number of imide groups is 1. The molecule has 108 valence electrons. The summed E-state index contributed by atoms with van der Waals surface area (Å²) in [7, 11) is 0. The Morgan fingerprint density at radius 3 is 2.75 bits per heavy atom. The Hall–Kier alpha value is -1.68. The lowest BCUT2D eigenvalue weighted by molar-refractivity contribution is -0.144. The predicted molar refractivity (Wildman–Crippen MR) is 78.0 cm³/mol. The van der Waals surface area contributed by atoms with Crippen molar-refractivity contribution in [3.05, 3.63) is 35.9 Å². The fraction of sp³-hybridized carbons (Fsp3) is 0.500. The number of carbonyl (C=O) groups excluding carboxylic acids is 2. The van der Waals surface area contributed by atoms with Crippen LogP contribution >= 0.6 is 0 Å². The van der Waals surface area contributed by atoms with Crippen LogP contribution in [0.15, 0.2) is 30.3 Å². The summed E-state index contributed by atoms with van der Waals surface area (Å²) in [6.07, 6.45) is 3.80. The van der Waals surface area contributed by atoms with Gasteiger partial charge in [-0.15, -0.1) is 0 Å². The van der Waals surface area contributed by atoms with Gasteiger partial charge in [0.15, 0.2) is 0 Å². The van der Waals surface area contributed by atoms with Gasteiger partial charge >= 0.3 is 0 Å². The molecule has 4 heteroatoms. The van der Waals surface area contributed by atoms with Crippen molar-refractivity contribution in [3.63, 3.8) is 0 Å². The molecular weight excluding hydrogens is 252 g/mol. The van der Waals surface area contributed by atoms with E-state index in [-0.39, 0.29) is 11.8 Å². The smallest absolute Gasteiger partial charge is 0.230 e. The van der Waals surface area contributed by atoms with Gasteiger partial charge in [0.25, 0.3) is 0 Å². The van der Waals surface area contributed by atoms with Gasteiger partial charge in [0.05, 0.1) is 0 Å². The number of benzene rings is 1. The highest BCUT2D eigenvalue weighted by Gasteiger charge is 2.22. The molecule has 2 rings (SSSR count). The van der Waals surface area contributed by atoms with Crippen LogP contribution in [0.2, 0.25) is 0 Å². The minimum absolute atomic E-state index is 0.00411. The van der Waals surface area contributed by atoms with E-state index in [1.807, 2.05) is 30.3 Å². The van der Waals surface area contributed by atoms with E-state index in [9.17, 15) is 9.59 Å². The highest BCUT2D eigenvalue weighted by Crippen LogP contribution is 2.12. The molecular formula is C16H22N2O2. The van der Waals surface area contributed by atoms with E-state index in [0.29, 0.717) is 25.9 Å². The number of likely N-dealkylation sites (tertiary alicyclic amines) is 1. The van der Waals surface area contributed by atoms with Crippen LogP contribution in [-0.4, -0.2) is 29.8 Å². The first-order valence-corrected chi connectivity index (χ1v) is 7.35. The first kappa shape index (κ1) is 14.7. The van der Waals surface area contributed by atoms with Crippen LogP contribution in [0.3, 0.4) is 0 Å². The molecule has 0 saturated carbocycles. The fourth-order valence-electron chi connectivity index (χ4n) is 2.41. The van der Waals surface area contributed by atoms with Crippen LogP contribution in [0.4, 0.5) is 0 Å². The maximum Gasteiger partial charge on any atom is 0.230 e. The molecule has 1 aromatic rings. The Balaban J connectivity index is 1.70. The van der Waals surface area contributed by atoms with Gasteiger partial charge in [-0.25, -0.2) is 0 Å². The van der Waals surface area contributed by atoms with E-state index >= 15 is 0 Å². The van der Waals surface area contributed by atoms with Gasteiger partial charge in [-0.05, 0) is 18.4 Å². The van der Waals surface area contributed by atoms with Crippen molar-refractivity contribution in [1.82, 2.24) is 10.2 Å². The lowest BCUT2D eigenvalue weighted by Crippen LogP contribution is -2.37. The minimum atomic E-state index is -0.0440. The first-order chi connectivity index (χ1) is 9.77. The van der Waals surface area contributed by atoms with E-state index < -0.39 is 0 Å². The third-order valence-corrected chi connectivity index (χ3v) is 3.56. The second-order valence-electron chi connectivity index (χ2n) is 5.16. The fourth-order valence-corrected chi connectivity index (χ4v) is 2.41. The predicted octanol–water partition coefficient (Wildman–Crippen LogP) is 2.10. The van der Waals surface area contributed by atoms with Crippen molar-refractivity contribution in [2.75, 3.05) is 13.1 Å².